The number of hydrogen-bond acceptors (Lipinski definition) is 3. The summed E-state index contributed by atoms with van der Waals surface area (Å²) >= 11 is 1.59. The third kappa shape index (κ3) is 1.82. The predicted molar refractivity (Wildman–Crippen MR) is 83.4 cm³/mol. The molecule has 2 aliphatic rings. The van der Waals surface area contributed by atoms with Gasteiger partial charge in [-0.25, -0.2) is 4.39 Å². The SMILES string of the molecule is O=C1c2cccn2CC[C@@]12[C@H](O)CS[C@@H]2c1ccc(F)cc1. The summed E-state index contributed by atoms with van der Waals surface area (Å²) in [6.07, 6.45) is 1.86. The maximum absolute atomic E-state index is 13.2. The third-order valence-electron chi connectivity index (χ3n) is 4.91. The van der Waals surface area contributed by atoms with Crippen molar-refractivity contribution in [3.05, 3.63) is 59.7 Å². The molecule has 3 atom stereocenters. The molecule has 5 heteroatoms. The molecule has 2 aromatic rings. The number of fused-ring (bicyclic) bond motifs is 1. The standard InChI is InChI=1S/C17H16FNO2S/c18-12-5-3-11(4-6-12)16-17(14(20)10-22-16)7-9-19-8-1-2-13(19)15(17)21/h1-6,8,14,16,20H,7,9-10H2/t14-,16-,17-/m1/s1. The molecule has 1 saturated heterocycles. The zero-order chi connectivity index (χ0) is 15.3. The van der Waals surface area contributed by atoms with E-state index in [2.05, 4.69) is 0 Å². The van der Waals surface area contributed by atoms with Crippen molar-refractivity contribution in [1.29, 1.82) is 0 Å². The van der Waals surface area contributed by atoms with Crippen LogP contribution in [0.25, 0.3) is 0 Å². The second-order valence-corrected chi connectivity index (χ2v) is 7.13. The first-order chi connectivity index (χ1) is 10.6. The van der Waals surface area contributed by atoms with Gasteiger partial charge >= 0.3 is 0 Å². The number of thioether (sulfide) groups is 1. The van der Waals surface area contributed by atoms with Gasteiger partial charge in [0.15, 0.2) is 5.78 Å². The molecule has 0 bridgehead atoms. The lowest BCUT2D eigenvalue weighted by molar-refractivity contribution is 0.0273. The lowest BCUT2D eigenvalue weighted by Gasteiger charge is -2.39. The van der Waals surface area contributed by atoms with Crippen molar-refractivity contribution in [2.24, 2.45) is 5.41 Å². The number of Topliss-reactive ketones (excluding diaryl/α,β-unsaturated/α-hetero) is 1. The van der Waals surface area contributed by atoms with Crippen LogP contribution in [0.4, 0.5) is 4.39 Å². The number of aromatic nitrogens is 1. The molecule has 1 fully saturated rings. The summed E-state index contributed by atoms with van der Waals surface area (Å²) in [7, 11) is 0. The highest BCUT2D eigenvalue weighted by atomic mass is 32.2. The molecule has 22 heavy (non-hydrogen) atoms. The van der Waals surface area contributed by atoms with E-state index < -0.39 is 11.5 Å². The molecule has 3 heterocycles. The minimum atomic E-state index is -0.795. The number of carbonyl (C=O) groups excluding carboxylic acids is 1. The first-order valence-corrected chi connectivity index (χ1v) is 8.43. The first-order valence-electron chi connectivity index (χ1n) is 7.38. The van der Waals surface area contributed by atoms with Gasteiger partial charge in [0, 0.05) is 23.7 Å². The highest BCUT2D eigenvalue weighted by Gasteiger charge is 2.57. The summed E-state index contributed by atoms with van der Waals surface area (Å²) in [5.41, 5.74) is 0.785. The molecule has 0 aliphatic carbocycles. The summed E-state index contributed by atoms with van der Waals surface area (Å²) in [6, 6.07) is 9.99. The van der Waals surface area contributed by atoms with Gasteiger partial charge in [-0.05, 0) is 36.2 Å². The maximum atomic E-state index is 13.2. The monoisotopic (exact) mass is 317 g/mol. The van der Waals surface area contributed by atoms with Crippen LogP contribution in [-0.4, -0.2) is 27.3 Å². The minimum Gasteiger partial charge on any atom is -0.391 e. The topological polar surface area (TPSA) is 42.2 Å². The molecule has 4 rings (SSSR count). The molecule has 0 amide bonds. The van der Waals surface area contributed by atoms with E-state index in [1.165, 1.54) is 12.1 Å². The van der Waals surface area contributed by atoms with E-state index >= 15 is 0 Å². The number of aryl methyl sites for hydroxylation is 1. The summed E-state index contributed by atoms with van der Waals surface area (Å²) < 4.78 is 15.1. The fourth-order valence-corrected chi connectivity index (χ4v) is 5.43. The number of rotatable bonds is 1. The number of halogens is 1. The minimum absolute atomic E-state index is 0.00979. The van der Waals surface area contributed by atoms with E-state index in [-0.39, 0.29) is 16.9 Å². The molecule has 0 saturated carbocycles. The van der Waals surface area contributed by atoms with Crippen molar-refractivity contribution in [2.75, 3.05) is 5.75 Å². The van der Waals surface area contributed by atoms with E-state index in [1.54, 1.807) is 23.9 Å². The fourth-order valence-electron chi connectivity index (χ4n) is 3.73. The van der Waals surface area contributed by atoms with Crippen LogP contribution < -0.4 is 0 Å². The summed E-state index contributed by atoms with van der Waals surface area (Å²) in [6.45, 7) is 0.726. The molecule has 1 aromatic carbocycles. The van der Waals surface area contributed by atoms with Crippen LogP contribution >= 0.6 is 11.8 Å². The van der Waals surface area contributed by atoms with E-state index in [4.69, 9.17) is 0 Å². The highest BCUT2D eigenvalue weighted by molar-refractivity contribution is 7.99. The molecule has 0 unspecified atom stereocenters. The van der Waals surface area contributed by atoms with Gasteiger partial charge in [-0.3, -0.25) is 4.79 Å². The van der Waals surface area contributed by atoms with Crippen LogP contribution in [0.15, 0.2) is 42.6 Å². The lowest BCUT2D eigenvalue weighted by Crippen LogP contribution is -2.47. The van der Waals surface area contributed by atoms with E-state index in [1.807, 2.05) is 22.9 Å². The fraction of sp³-hybridized carbons (Fsp3) is 0.353. The Bertz CT molecular complexity index is 727. The average Bonchev–Trinajstić information content (AvgIpc) is 3.11. The number of hydrogen-bond donors (Lipinski definition) is 1. The molecule has 0 radical (unpaired) electrons. The Morgan fingerprint density at radius 3 is 2.82 bits per heavy atom. The predicted octanol–water partition coefficient (Wildman–Crippen LogP) is 3.05. The van der Waals surface area contributed by atoms with Gasteiger partial charge in [0.25, 0.3) is 0 Å². The Labute approximate surface area is 132 Å². The van der Waals surface area contributed by atoms with Gasteiger partial charge in [0.1, 0.15) is 5.82 Å². The van der Waals surface area contributed by atoms with Crippen LogP contribution in [0.5, 0.6) is 0 Å². The third-order valence-corrected chi connectivity index (χ3v) is 6.44. The second kappa shape index (κ2) is 4.96. The quantitative estimate of drug-likeness (QED) is 0.879. The van der Waals surface area contributed by atoms with Crippen molar-refractivity contribution in [2.45, 2.75) is 24.3 Å². The molecule has 1 N–H and O–H groups in total. The van der Waals surface area contributed by atoms with Crippen LogP contribution in [0.3, 0.4) is 0 Å². The zero-order valence-electron chi connectivity index (χ0n) is 11.9. The van der Waals surface area contributed by atoms with Gasteiger partial charge in [0.2, 0.25) is 0 Å². The first kappa shape index (κ1) is 14.0. The van der Waals surface area contributed by atoms with Crippen molar-refractivity contribution in [1.82, 2.24) is 4.57 Å². The molecule has 114 valence electrons. The molecule has 2 aliphatic heterocycles. The zero-order valence-corrected chi connectivity index (χ0v) is 12.7. The molecule has 1 spiro atoms. The summed E-state index contributed by atoms with van der Waals surface area (Å²) in [4.78, 5) is 13.1. The van der Waals surface area contributed by atoms with Crippen LogP contribution in [0.1, 0.15) is 27.7 Å². The average molecular weight is 317 g/mol. The lowest BCUT2D eigenvalue weighted by atomic mass is 9.69. The number of ketones is 1. The molecular weight excluding hydrogens is 301 g/mol. The van der Waals surface area contributed by atoms with Crippen molar-refractivity contribution in [3.63, 3.8) is 0 Å². The number of nitrogens with zero attached hydrogens (tertiary/aromatic N) is 1. The van der Waals surface area contributed by atoms with Gasteiger partial charge in [-0.1, -0.05) is 12.1 Å². The Balaban J connectivity index is 1.81. The van der Waals surface area contributed by atoms with Crippen LogP contribution in [-0.2, 0) is 6.54 Å². The van der Waals surface area contributed by atoms with Gasteiger partial charge in [-0.15, -0.1) is 11.8 Å². The normalized spacial score (nSPS) is 30.7. The number of aliphatic hydroxyl groups excluding tert-OH is 1. The largest absolute Gasteiger partial charge is 0.391 e. The molecule has 1 aromatic heterocycles. The number of benzene rings is 1. The van der Waals surface area contributed by atoms with E-state index in [9.17, 15) is 14.3 Å². The number of carbonyl (C=O) groups is 1. The number of aliphatic hydroxyl groups is 1. The van der Waals surface area contributed by atoms with Crippen molar-refractivity contribution < 1.29 is 14.3 Å². The van der Waals surface area contributed by atoms with Crippen LogP contribution in [0, 0.1) is 11.2 Å². The second-order valence-electron chi connectivity index (χ2n) is 5.99. The maximum Gasteiger partial charge on any atom is 0.189 e. The summed E-state index contributed by atoms with van der Waals surface area (Å²) in [5.74, 6) is 0.259. The highest BCUT2D eigenvalue weighted by Crippen LogP contribution is 2.58. The van der Waals surface area contributed by atoms with Crippen LogP contribution in [0.2, 0.25) is 0 Å². The van der Waals surface area contributed by atoms with Gasteiger partial charge < -0.3 is 9.67 Å². The molecular formula is C17H16FNO2S. The van der Waals surface area contributed by atoms with Crippen molar-refractivity contribution in [3.8, 4) is 0 Å². The Morgan fingerprint density at radius 2 is 2.05 bits per heavy atom. The van der Waals surface area contributed by atoms with Gasteiger partial charge in [-0.2, -0.15) is 0 Å². The Hall–Kier alpha value is -1.59. The Morgan fingerprint density at radius 1 is 1.27 bits per heavy atom. The molecule has 3 nitrogen and oxygen atoms in total. The smallest absolute Gasteiger partial charge is 0.189 e. The van der Waals surface area contributed by atoms with E-state index in [0.717, 1.165) is 12.1 Å². The van der Waals surface area contributed by atoms with Gasteiger partial charge in [0.05, 0.1) is 17.2 Å². The Kier molecular flexibility index (Phi) is 3.16. The van der Waals surface area contributed by atoms with Crippen molar-refractivity contribution >= 4 is 17.5 Å². The van der Waals surface area contributed by atoms with E-state index in [0.29, 0.717) is 17.9 Å². The summed E-state index contributed by atoms with van der Waals surface area (Å²) in [5, 5.41) is 10.5.